The van der Waals surface area contributed by atoms with E-state index in [1.807, 2.05) is 0 Å². The normalized spacial score (nSPS) is 10.3. The predicted molar refractivity (Wildman–Crippen MR) is 64.0 cm³/mol. The summed E-state index contributed by atoms with van der Waals surface area (Å²) in [5, 5.41) is 1.79. The molecule has 1 aromatic heterocycles. The summed E-state index contributed by atoms with van der Waals surface area (Å²) in [4.78, 5) is 11.8. The summed E-state index contributed by atoms with van der Waals surface area (Å²) in [5.74, 6) is 0.458. The van der Waals surface area contributed by atoms with Crippen LogP contribution in [-0.4, -0.2) is 28.4 Å². The Bertz CT molecular complexity index is 381. The third kappa shape index (κ3) is 3.85. The molecule has 0 saturated carbocycles. The summed E-state index contributed by atoms with van der Waals surface area (Å²) in [6.45, 7) is 3.56. The zero-order chi connectivity index (χ0) is 11.3. The largest absolute Gasteiger partial charge is 0.298 e. The minimum Gasteiger partial charge on any atom is -0.298 e. The van der Waals surface area contributed by atoms with Crippen LogP contribution in [0.4, 0.5) is 5.82 Å². The highest BCUT2D eigenvalue weighted by Crippen LogP contribution is 2.22. The molecule has 0 radical (unpaired) electrons. The van der Waals surface area contributed by atoms with E-state index in [4.69, 9.17) is 11.6 Å². The van der Waals surface area contributed by atoms with Crippen molar-refractivity contribution in [2.75, 3.05) is 7.05 Å². The lowest BCUT2D eigenvalue weighted by atomic mass is 10.6. The Hall–Kier alpha value is -1.14. The molecule has 15 heavy (non-hydrogen) atoms. The van der Waals surface area contributed by atoms with E-state index in [1.165, 1.54) is 6.34 Å². The van der Waals surface area contributed by atoms with Crippen LogP contribution >= 0.6 is 27.5 Å². The van der Waals surface area contributed by atoms with Crippen molar-refractivity contribution in [3.63, 3.8) is 0 Å². The van der Waals surface area contributed by atoms with Gasteiger partial charge in [-0.2, -0.15) is 4.98 Å². The predicted octanol–water partition coefficient (Wildman–Crippen LogP) is 2.13. The fourth-order valence-corrected chi connectivity index (χ4v) is 1.08. The molecule has 1 aromatic rings. The summed E-state index contributed by atoms with van der Waals surface area (Å²) in [6, 6.07) is 0. The number of halogens is 2. The van der Waals surface area contributed by atoms with Crippen molar-refractivity contribution in [2.24, 2.45) is 4.99 Å². The van der Waals surface area contributed by atoms with Crippen LogP contribution in [0, 0.1) is 0 Å². The molecule has 0 aliphatic carbocycles. The molecule has 1 rings (SSSR count). The Morgan fingerprint density at radius 1 is 1.73 bits per heavy atom. The Kier molecular flexibility index (Phi) is 4.51. The SMILES string of the molecule is C=CN(C)NC=Nc1nc(Cl)ncc1Br. The van der Waals surface area contributed by atoms with Crippen molar-refractivity contribution in [2.45, 2.75) is 0 Å². The second-order valence-corrected chi connectivity index (χ2v) is 3.68. The molecule has 0 unspecified atom stereocenters. The average molecular weight is 291 g/mol. The standard InChI is InChI=1S/C8H9BrClN5/c1-3-15(2)13-5-12-7-6(9)4-11-8(10)14-7/h3-5H,1H2,2H3,(H,11,12,13,14). The van der Waals surface area contributed by atoms with Gasteiger partial charge in [-0.3, -0.25) is 10.4 Å². The van der Waals surface area contributed by atoms with Gasteiger partial charge in [0.15, 0.2) is 5.82 Å². The lowest BCUT2D eigenvalue weighted by Gasteiger charge is -2.10. The van der Waals surface area contributed by atoms with Crippen molar-refractivity contribution < 1.29 is 0 Å². The van der Waals surface area contributed by atoms with Crippen molar-refractivity contribution >= 4 is 39.7 Å². The van der Waals surface area contributed by atoms with Gasteiger partial charge in [-0.05, 0) is 27.5 Å². The summed E-state index contributed by atoms with van der Waals surface area (Å²) < 4.78 is 0.672. The Balaban J connectivity index is 2.71. The molecule has 5 nitrogen and oxygen atoms in total. The number of rotatable bonds is 4. The van der Waals surface area contributed by atoms with Crippen LogP contribution in [0.25, 0.3) is 0 Å². The van der Waals surface area contributed by atoms with Crippen LogP contribution < -0.4 is 5.43 Å². The molecule has 7 heteroatoms. The van der Waals surface area contributed by atoms with Crippen LogP contribution in [0.1, 0.15) is 0 Å². The van der Waals surface area contributed by atoms with Crippen molar-refractivity contribution in [3.8, 4) is 0 Å². The minimum atomic E-state index is 0.155. The van der Waals surface area contributed by atoms with Gasteiger partial charge in [-0.25, -0.2) is 9.98 Å². The lowest BCUT2D eigenvalue weighted by molar-refractivity contribution is 0.416. The number of aromatic nitrogens is 2. The van der Waals surface area contributed by atoms with E-state index in [0.29, 0.717) is 10.3 Å². The zero-order valence-electron chi connectivity index (χ0n) is 7.98. The number of nitrogens with zero attached hydrogens (tertiary/aromatic N) is 4. The minimum absolute atomic E-state index is 0.155. The molecule has 80 valence electrons. The molecule has 0 aliphatic heterocycles. The Labute approximate surface area is 101 Å². The number of nitrogens with one attached hydrogen (secondary N) is 1. The van der Waals surface area contributed by atoms with Crippen LogP contribution in [0.15, 0.2) is 28.4 Å². The number of hydrazine groups is 1. The van der Waals surface area contributed by atoms with E-state index in [-0.39, 0.29) is 5.28 Å². The quantitative estimate of drug-likeness (QED) is 0.399. The Morgan fingerprint density at radius 3 is 3.13 bits per heavy atom. The first kappa shape index (κ1) is 11.9. The first-order chi connectivity index (χ1) is 7.13. The van der Waals surface area contributed by atoms with Crippen molar-refractivity contribution in [3.05, 3.63) is 28.7 Å². The van der Waals surface area contributed by atoms with E-state index in [2.05, 4.69) is 42.9 Å². The molecule has 0 aromatic carbocycles. The number of aliphatic imine (C=N–C) groups is 1. The van der Waals surface area contributed by atoms with Gasteiger partial charge >= 0.3 is 0 Å². The molecule has 1 heterocycles. The second-order valence-electron chi connectivity index (χ2n) is 2.49. The van der Waals surface area contributed by atoms with E-state index in [1.54, 1.807) is 24.5 Å². The molecule has 0 amide bonds. The molecule has 0 aliphatic rings. The van der Waals surface area contributed by atoms with Crippen molar-refractivity contribution in [1.82, 2.24) is 20.4 Å². The molecule has 0 atom stereocenters. The third-order valence-electron chi connectivity index (χ3n) is 1.42. The number of hydrogen-bond donors (Lipinski definition) is 1. The van der Waals surface area contributed by atoms with Gasteiger partial charge in [0.2, 0.25) is 5.28 Å². The van der Waals surface area contributed by atoms with Gasteiger partial charge in [0, 0.05) is 19.4 Å². The van der Waals surface area contributed by atoms with E-state index in [9.17, 15) is 0 Å². The maximum Gasteiger partial charge on any atom is 0.224 e. The van der Waals surface area contributed by atoms with E-state index < -0.39 is 0 Å². The van der Waals surface area contributed by atoms with Crippen LogP contribution in [0.3, 0.4) is 0 Å². The van der Waals surface area contributed by atoms with Crippen LogP contribution in [0.2, 0.25) is 5.28 Å². The summed E-state index contributed by atoms with van der Waals surface area (Å²) in [6.07, 6.45) is 4.62. The number of hydrogen-bond acceptors (Lipinski definition) is 4. The fourth-order valence-electron chi connectivity index (χ4n) is 0.662. The summed E-state index contributed by atoms with van der Waals surface area (Å²) in [7, 11) is 1.79. The van der Waals surface area contributed by atoms with Gasteiger partial charge in [0.1, 0.15) is 6.34 Å². The highest BCUT2D eigenvalue weighted by atomic mass is 79.9. The third-order valence-corrected chi connectivity index (χ3v) is 2.16. The maximum absolute atomic E-state index is 5.62. The van der Waals surface area contributed by atoms with Gasteiger partial charge in [0.25, 0.3) is 0 Å². The van der Waals surface area contributed by atoms with Gasteiger partial charge in [-0.1, -0.05) is 6.58 Å². The maximum atomic E-state index is 5.62. The monoisotopic (exact) mass is 289 g/mol. The zero-order valence-corrected chi connectivity index (χ0v) is 10.3. The fraction of sp³-hybridized carbons (Fsp3) is 0.125. The summed E-state index contributed by atoms with van der Waals surface area (Å²) >= 11 is 8.88. The molecule has 1 N–H and O–H groups in total. The van der Waals surface area contributed by atoms with E-state index >= 15 is 0 Å². The molecule has 0 spiro atoms. The van der Waals surface area contributed by atoms with Gasteiger partial charge in [0.05, 0.1) is 4.47 Å². The van der Waals surface area contributed by atoms with E-state index in [0.717, 1.165) is 0 Å². The van der Waals surface area contributed by atoms with Gasteiger partial charge in [-0.15, -0.1) is 0 Å². The van der Waals surface area contributed by atoms with Crippen molar-refractivity contribution in [1.29, 1.82) is 0 Å². The topological polar surface area (TPSA) is 53.4 Å². The Morgan fingerprint density at radius 2 is 2.47 bits per heavy atom. The van der Waals surface area contributed by atoms with Crippen LogP contribution in [-0.2, 0) is 0 Å². The van der Waals surface area contributed by atoms with Crippen LogP contribution in [0.5, 0.6) is 0 Å². The molecule has 0 saturated heterocycles. The highest BCUT2D eigenvalue weighted by molar-refractivity contribution is 9.10. The lowest BCUT2D eigenvalue weighted by Crippen LogP contribution is -2.27. The average Bonchev–Trinajstić information content (AvgIpc) is 2.23. The molecular weight excluding hydrogens is 281 g/mol. The molecule has 0 bridgehead atoms. The molecular formula is C8H9BrClN5. The second kappa shape index (κ2) is 5.67. The molecule has 0 fully saturated rings. The summed E-state index contributed by atoms with van der Waals surface area (Å²) in [5.41, 5.74) is 2.83. The smallest absolute Gasteiger partial charge is 0.224 e. The first-order valence-electron chi connectivity index (χ1n) is 3.95. The first-order valence-corrected chi connectivity index (χ1v) is 5.12. The van der Waals surface area contributed by atoms with Gasteiger partial charge < -0.3 is 0 Å². The highest BCUT2D eigenvalue weighted by Gasteiger charge is 2.00.